The molecule has 4 rings (SSSR count). The highest BCUT2D eigenvalue weighted by atomic mass is 16.2. The molecule has 1 atom stereocenters. The maximum absolute atomic E-state index is 12.5. The Morgan fingerprint density at radius 2 is 1.96 bits per heavy atom. The first kappa shape index (κ1) is 17.7. The molecule has 2 aromatic carbocycles. The number of nitrogens with zero attached hydrogens (tertiary/aromatic N) is 2. The zero-order valence-corrected chi connectivity index (χ0v) is 15.9. The number of aryl methyl sites for hydroxylation is 1. The summed E-state index contributed by atoms with van der Waals surface area (Å²) in [6.45, 7) is 2.66. The van der Waals surface area contributed by atoms with Gasteiger partial charge in [-0.3, -0.25) is 14.5 Å². The Morgan fingerprint density at radius 1 is 1.15 bits per heavy atom. The van der Waals surface area contributed by atoms with E-state index in [2.05, 4.69) is 34.5 Å². The van der Waals surface area contributed by atoms with Crippen molar-refractivity contribution >= 4 is 23.2 Å². The molecule has 0 bridgehead atoms. The average molecular weight is 363 g/mol. The molecule has 140 valence electrons. The van der Waals surface area contributed by atoms with Crippen molar-refractivity contribution < 1.29 is 9.59 Å². The van der Waals surface area contributed by atoms with Gasteiger partial charge in [-0.05, 0) is 61.2 Å². The third-order valence-electron chi connectivity index (χ3n) is 5.67. The second-order valence-corrected chi connectivity index (χ2v) is 7.48. The SMILES string of the molecule is CC(=O)N1CCc2cc(NC(=O)CN(C)[C@@H]3CCc4ccccc43)ccc21. The number of rotatable bonds is 4. The molecule has 0 saturated heterocycles. The summed E-state index contributed by atoms with van der Waals surface area (Å²) < 4.78 is 0. The average Bonchev–Trinajstić information content (AvgIpc) is 3.25. The molecule has 1 heterocycles. The summed E-state index contributed by atoms with van der Waals surface area (Å²) in [6.07, 6.45) is 2.96. The normalized spacial score (nSPS) is 17.7. The lowest BCUT2D eigenvalue weighted by Gasteiger charge is -2.24. The first-order chi connectivity index (χ1) is 13.0. The molecule has 5 heteroatoms. The standard InChI is InChI=1S/C22H25N3O2/c1-15(26)25-12-11-17-13-18(8-10-20(17)25)23-22(27)14-24(2)21-9-7-16-5-3-4-6-19(16)21/h3-6,8,10,13,21H,7,9,11-12,14H2,1-2H3,(H,23,27)/t21-/m1/s1. The Hall–Kier alpha value is -2.66. The summed E-state index contributed by atoms with van der Waals surface area (Å²) in [6, 6.07) is 14.6. The Bertz CT molecular complexity index is 893. The van der Waals surface area contributed by atoms with Crippen molar-refractivity contribution in [2.75, 3.05) is 30.4 Å². The van der Waals surface area contributed by atoms with E-state index in [4.69, 9.17) is 0 Å². The van der Waals surface area contributed by atoms with E-state index in [1.807, 2.05) is 25.2 Å². The maximum atomic E-state index is 12.5. The minimum absolute atomic E-state index is 0.0109. The van der Waals surface area contributed by atoms with Gasteiger partial charge in [0, 0.05) is 30.9 Å². The molecule has 5 nitrogen and oxygen atoms in total. The number of hydrogen-bond acceptors (Lipinski definition) is 3. The van der Waals surface area contributed by atoms with Crippen LogP contribution in [0.15, 0.2) is 42.5 Å². The minimum atomic E-state index is -0.0109. The van der Waals surface area contributed by atoms with Crippen molar-refractivity contribution in [3.63, 3.8) is 0 Å². The van der Waals surface area contributed by atoms with Crippen LogP contribution >= 0.6 is 0 Å². The largest absolute Gasteiger partial charge is 0.325 e. The van der Waals surface area contributed by atoms with Gasteiger partial charge in [-0.25, -0.2) is 0 Å². The predicted molar refractivity (Wildman–Crippen MR) is 107 cm³/mol. The van der Waals surface area contributed by atoms with E-state index in [1.54, 1.807) is 11.8 Å². The summed E-state index contributed by atoms with van der Waals surface area (Å²) in [5, 5.41) is 3.01. The first-order valence-corrected chi connectivity index (χ1v) is 9.52. The first-order valence-electron chi connectivity index (χ1n) is 9.52. The molecular weight excluding hydrogens is 338 g/mol. The van der Waals surface area contributed by atoms with Gasteiger partial charge in [0.2, 0.25) is 11.8 Å². The van der Waals surface area contributed by atoms with Crippen LogP contribution in [0.1, 0.15) is 36.1 Å². The van der Waals surface area contributed by atoms with Crippen molar-refractivity contribution in [2.24, 2.45) is 0 Å². The number of amides is 2. The molecule has 1 aliphatic heterocycles. The van der Waals surface area contributed by atoms with Crippen molar-refractivity contribution in [1.82, 2.24) is 4.90 Å². The van der Waals surface area contributed by atoms with Gasteiger partial charge in [0.05, 0.1) is 6.54 Å². The van der Waals surface area contributed by atoms with Crippen LogP contribution in [0, 0.1) is 0 Å². The number of fused-ring (bicyclic) bond motifs is 2. The Kier molecular flexibility index (Phi) is 4.70. The lowest BCUT2D eigenvalue weighted by molar-refractivity contribution is -0.118. The van der Waals surface area contributed by atoms with Crippen LogP contribution in [0.4, 0.5) is 11.4 Å². The monoisotopic (exact) mass is 363 g/mol. The fraction of sp³-hybridized carbons (Fsp3) is 0.364. The van der Waals surface area contributed by atoms with Crippen LogP contribution in [0.25, 0.3) is 0 Å². The number of anilines is 2. The lowest BCUT2D eigenvalue weighted by Crippen LogP contribution is -2.32. The highest BCUT2D eigenvalue weighted by molar-refractivity contribution is 5.96. The van der Waals surface area contributed by atoms with Crippen LogP contribution in [0.2, 0.25) is 0 Å². The molecule has 2 aliphatic rings. The molecule has 2 amide bonds. The highest BCUT2D eigenvalue weighted by Crippen LogP contribution is 2.35. The van der Waals surface area contributed by atoms with Crippen molar-refractivity contribution in [1.29, 1.82) is 0 Å². The second-order valence-electron chi connectivity index (χ2n) is 7.48. The molecule has 0 aromatic heterocycles. The summed E-state index contributed by atoms with van der Waals surface area (Å²) in [5.74, 6) is 0.0484. The third-order valence-corrected chi connectivity index (χ3v) is 5.67. The van der Waals surface area contributed by atoms with Crippen LogP contribution < -0.4 is 10.2 Å². The van der Waals surface area contributed by atoms with Gasteiger partial charge in [0.15, 0.2) is 0 Å². The molecule has 1 N–H and O–H groups in total. The van der Waals surface area contributed by atoms with Crippen LogP contribution in [0.5, 0.6) is 0 Å². The Morgan fingerprint density at radius 3 is 2.78 bits per heavy atom. The fourth-order valence-corrected chi connectivity index (χ4v) is 4.34. The number of nitrogens with one attached hydrogen (secondary N) is 1. The molecule has 0 radical (unpaired) electrons. The molecule has 1 aliphatic carbocycles. The molecule has 0 fully saturated rings. The van der Waals surface area contributed by atoms with Gasteiger partial charge in [0.1, 0.15) is 0 Å². The molecule has 27 heavy (non-hydrogen) atoms. The molecule has 2 aromatic rings. The Balaban J connectivity index is 1.40. The molecule has 0 unspecified atom stereocenters. The summed E-state index contributed by atoms with van der Waals surface area (Å²) in [4.78, 5) is 28.1. The smallest absolute Gasteiger partial charge is 0.238 e. The quantitative estimate of drug-likeness (QED) is 0.908. The van der Waals surface area contributed by atoms with E-state index >= 15 is 0 Å². The summed E-state index contributed by atoms with van der Waals surface area (Å²) in [7, 11) is 2.01. The van der Waals surface area contributed by atoms with Crippen molar-refractivity contribution in [3.8, 4) is 0 Å². The topological polar surface area (TPSA) is 52.7 Å². The van der Waals surface area contributed by atoms with Gasteiger partial charge in [0.25, 0.3) is 0 Å². The van der Waals surface area contributed by atoms with Crippen LogP contribution in [-0.2, 0) is 22.4 Å². The number of hydrogen-bond donors (Lipinski definition) is 1. The lowest BCUT2D eigenvalue weighted by atomic mass is 10.1. The number of likely N-dealkylation sites (N-methyl/N-ethyl adjacent to an activating group) is 1. The highest BCUT2D eigenvalue weighted by Gasteiger charge is 2.27. The zero-order valence-electron chi connectivity index (χ0n) is 15.9. The third kappa shape index (κ3) is 3.47. The van der Waals surface area contributed by atoms with Crippen LogP contribution in [0.3, 0.4) is 0 Å². The van der Waals surface area contributed by atoms with Crippen LogP contribution in [-0.4, -0.2) is 36.9 Å². The molecule has 0 saturated carbocycles. The van der Waals surface area contributed by atoms with E-state index in [0.717, 1.165) is 36.2 Å². The van der Waals surface area contributed by atoms with E-state index in [1.165, 1.54) is 11.1 Å². The van der Waals surface area contributed by atoms with E-state index in [0.29, 0.717) is 19.1 Å². The zero-order chi connectivity index (χ0) is 19.0. The number of benzene rings is 2. The molecule has 0 spiro atoms. The van der Waals surface area contributed by atoms with Gasteiger partial charge >= 0.3 is 0 Å². The van der Waals surface area contributed by atoms with E-state index < -0.39 is 0 Å². The van der Waals surface area contributed by atoms with E-state index in [9.17, 15) is 9.59 Å². The second kappa shape index (κ2) is 7.16. The molecular formula is C22H25N3O2. The number of carbonyl (C=O) groups is 2. The minimum Gasteiger partial charge on any atom is -0.325 e. The summed E-state index contributed by atoms with van der Waals surface area (Å²) in [5.41, 5.74) is 5.60. The van der Waals surface area contributed by atoms with Gasteiger partial charge < -0.3 is 10.2 Å². The van der Waals surface area contributed by atoms with Gasteiger partial charge in [-0.15, -0.1) is 0 Å². The van der Waals surface area contributed by atoms with Crippen molar-refractivity contribution in [3.05, 3.63) is 59.2 Å². The van der Waals surface area contributed by atoms with Crippen molar-refractivity contribution in [2.45, 2.75) is 32.2 Å². The van der Waals surface area contributed by atoms with E-state index in [-0.39, 0.29) is 11.8 Å². The Labute approximate surface area is 160 Å². The maximum Gasteiger partial charge on any atom is 0.238 e. The number of carbonyl (C=O) groups excluding carboxylic acids is 2. The summed E-state index contributed by atoms with van der Waals surface area (Å²) >= 11 is 0. The fourth-order valence-electron chi connectivity index (χ4n) is 4.34. The predicted octanol–water partition coefficient (Wildman–Crippen LogP) is 3.15. The van der Waals surface area contributed by atoms with Gasteiger partial charge in [-0.1, -0.05) is 24.3 Å². The van der Waals surface area contributed by atoms with Gasteiger partial charge in [-0.2, -0.15) is 0 Å².